The van der Waals surface area contributed by atoms with Gasteiger partial charge in [-0.15, -0.1) is 0 Å². The molecule has 2 N–H and O–H groups in total. The van der Waals surface area contributed by atoms with Crippen molar-refractivity contribution in [3.8, 4) is 0 Å². The van der Waals surface area contributed by atoms with Crippen LogP contribution in [0.1, 0.15) is 31.7 Å². The molecule has 0 aromatic heterocycles. The van der Waals surface area contributed by atoms with Crippen LogP contribution < -0.4 is 5.73 Å². The number of nitrogens with zero attached hydrogens (tertiary/aromatic N) is 1. The Morgan fingerprint density at radius 1 is 1.33 bits per heavy atom. The van der Waals surface area contributed by atoms with Gasteiger partial charge in [-0.3, -0.25) is 4.79 Å². The molecule has 0 aliphatic heterocycles. The van der Waals surface area contributed by atoms with E-state index in [1.165, 1.54) is 0 Å². The van der Waals surface area contributed by atoms with Crippen molar-refractivity contribution in [2.24, 2.45) is 11.7 Å². The number of carbonyl (C=O) groups excluding carboxylic acids is 1. The van der Waals surface area contributed by atoms with E-state index >= 15 is 0 Å². The zero-order valence-electron chi connectivity index (χ0n) is 12.3. The minimum Gasteiger partial charge on any atom is -0.339 e. The van der Waals surface area contributed by atoms with E-state index in [4.69, 9.17) is 28.9 Å². The topological polar surface area (TPSA) is 46.3 Å². The van der Waals surface area contributed by atoms with Crippen molar-refractivity contribution in [3.63, 3.8) is 0 Å². The first kappa shape index (κ1) is 16.6. The fourth-order valence-electron chi connectivity index (χ4n) is 3.22. The number of halogens is 2. The summed E-state index contributed by atoms with van der Waals surface area (Å²) in [5, 5.41) is 1.00. The third-order valence-corrected chi connectivity index (χ3v) is 5.06. The third-order valence-electron chi connectivity index (χ3n) is 4.32. The highest BCUT2D eigenvalue weighted by atomic mass is 35.5. The molecule has 2 rings (SSSR count). The van der Waals surface area contributed by atoms with E-state index in [-0.39, 0.29) is 11.9 Å². The second-order valence-corrected chi connectivity index (χ2v) is 6.41. The molecule has 0 saturated heterocycles. The van der Waals surface area contributed by atoms with Crippen LogP contribution in [-0.2, 0) is 11.2 Å². The largest absolute Gasteiger partial charge is 0.339 e. The van der Waals surface area contributed by atoms with Crippen LogP contribution in [0.25, 0.3) is 0 Å². The fourth-order valence-corrected chi connectivity index (χ4v) is 3.54. The van der Waals surface area contributed by atoms with Gasteiger partial charge in [-0.1, -0.05) is 35.7 Å². The molecule has 2 unspecified atom stereocenters. The molecule has 116 valence electrons. The van der Waals surface area contributed by atoms with Gasteiger partial charge in [0.2, 0.25) is 5.91 Å². The monoisotopic (exact) mass is 328 g/mol. The van der Waals surface area contributed by atoms with Crippen LogP contribution in [0.2, 0.25) is 10.0 Å². The molecule has 0 radical (unpaired) electrons. The van der Waals surface area contributed by atoms with E-state index in [2.05, 4.69) is 0 Å². The standard InChI is InChI=1S/C16H22Cl2N2O/c1-2-20(15-5-3-4-12(15)10-19)16(21)9-11-6-7-13(17)14(18)8-11/h6-8,12,15H,2-5,9-10,19H2,1H3. The molecule has 1 aromatic rings. The zero-order chi connectivity index (χ0) is 15.4. The summed E-state index contributed by atoms with van der Waals surface area (Å²) in [6.45, 7) is 3.40. The van der Waals surface area contributed by atoms with Crippen LogP contribution in [0, 0.1) is 5.92 Å². The van der Waals surface area contributed by atoms with E-state index in [1.807, 2.05) is 17.9 Å². The number of rotatable bonds is 5. The Morgan fingerprint density at radius 2 is 2.10 bits per heavy atom. The van der Waals surface area contributed by atoms with Crippen molar-refractivity contribution in [1.29, 1.82) is 0 Å². The molecule has 1 aliphatic rings. The highest BCUT2D eigenvalue weighted by Crippen LogP contribution is 2.30. The summed E-state index contributed by atoms with van der Waals surface area (Å²) >= 11 is 11.9. The van der Waals surface area contributed by atoms with E-state index in [1.54, 1.807) is 12.1 Å². The first-order valence-corrected chi connectivity index (χ1v) is 8.25. The molecule has 1 amide bonds. The maximum absolute atomic E-state index is 12.6. The molecule has 3 nitrogen and oxygen atoms in total. The summed E-state index contributed by atoms with van der Waals surface area (Å²) in [5.74, 6) is 0.573. The van der Waals surface area contributed by atoms with Crippen molar-refractivity contribution in [3.05, 3.63) is 33.8 Å². The lowest BCUT2D eigenvalue weighted by molar-refractivity contribution is -0.133. The number of carbonyl (C=O) groups is 1. The van der Waals surface area contributed by atoms with Crippen molar-refractivity contribution >= 4 is 29.1 Å². The molecule has 21 heavy (non-hydrogen) atoms. The number of nitrogens with two attached hydrogens (primary N) is 1. The average Bonchev–Trinajstić information content (AvgIpc) is 2.92. The molecule has 1 aliphatic carbocycles. The van der Waals surface area contributed by atoms with Gasteiger partial charge < -0.3 is 10.6 Å². The maximum atomic E-state index is 12.6. The van der Waals surface area contributed by atoms with Crippen molar-refractivity contribution in [2.45, 2.75) is 38.6 Å². The Labute approximate surface area is 136 Å². The first-order chi connectivity index (χ1) is 10.1. The predicted octanol–water partition coefficient (Wildman–Crippen LogP) is 3.51. The number of hydrogen-bond donors (Lipinski definition) is 1. The summed E-state index contributed by atoms with van der Waals surface area (Å²) in [7, 11) is 0. The SMILES string of the molecule is CCN(C(=O)Cc1ccc(Cl)c(Cl)c1)C1CCCC1CN. The molecule has 0 spiro atoms. The average molecular weight is 329 g/mol. The second-order valence-electron chi connectivity index (χ2n) is 5.60. The highest BCUT2D eigenvalue weighted by Gasteiger charge is 2.32. The Kier molecular flexibility index (Phi) is 5.91. The van der Waals surface area contributed by atoms with Crippen LogP contribution in [0.4, 0.5) is 0 Å². The third kappa shape index (κ3) is 3.91. The lowest BCUT2D eigenvalue weighted by Gasteiger charge is -2.32. The number of amides is 1. The molecule has 0 heterocycles. The Bertz CT molecular complexity index is 507. The lowest BCUT2D eigenvalue weighted by atomic mass is 10.0. The van der Waals surface area contributed by atoms with Crippen LogP contribution in [-0.4, -0.2) is 29.9 Å². The van der Waals surface area contributed by atoms with E-state index < -0.39 is 0 Å². The minimum atomic E-state index is 0.140. The van der Waals surface area contributed by atoms with Crippen molar-refractivity contribution in [2.75, 3.05) is 13.1 Å². The second kappa shape index (κ2) is 7.48. The van der Waals surface area contributed by atoms with Crippen molar-refractivity contribution < 1.29 is 4.79 Å². The Balaban J connectivity index is 2.07. The predicted molar refractivity (Wildman–Crippen MR) is 87.7 cm³/mol. The van der Waals surface area contributed by atoms with Crippen LogP contribution in [0.15, 0.2) is 18.2 Å². The smallest absolute Gasteiger partial charge is 0.227 e. The summed E-state index contributed by atoms with van der Waals surface area (Å²) in [6, 6.07) is 5.65. The van der Waals surface area contributed by atoms with Crippen molar-refractivity contribution in [1.82, 2.24) is 4.90 Å². The van der Waals surface area contributed by atoms with Gasteiger partial charge >= 0.3 is 0 Å². The van der Waals surface area contributed by atoms with Gasteiger partial charge in [0.25, 0.3) is 0 Å². The molecule has 1 fully saturated rings. The van der Waals surface area contributed by atoms with Gasteiger partial charge in [-0.25, -0.2) is 0 Å². The quantitative estimate of drug-likeness (QED) is 0.898. The number of benzene rings is 1. The molecule has 5 heteroatoms. The summed E-state index contributed by atoms with van der Waals surface area (Å²) < 4.78 is 0. The molecular formula is C16H22Cl2N2O. The van der Waals surface area contributed by atoms with Gasteiger partial charge in [0.1, 0.15) is 0 Å². The summed E-state index contributed by atoms with van der Waals surface area (Å²) in [5.41, 5.74) is 6.73. The van der Waals surface area contributed by atoms with Crippen LogP contribution >= 0.6 is 23.2 Å². The van der Waals surface area contributed by atoms with Crippen LogP contribution in [0.3, 0.4) is 0 Å². The first-order valence-electron chi connectivity index (χ1n) is 7.50. The summed E-state index contributed by atoms with van der Waals surface area (Å²) in [6.07, 6.45) is 3.70. The number of hydrogen-bond acceptors (Lipinski definition) is 2. The van der Waals surface area contributed by atoms with Crippen LogP contribution in [0.5, 0.6) is 0 Å². The fraction of sp³-hybridized carbons (Fsp3) is 0.562. The molecule has 0 bridgehead atoms. The zero-order valence-corrected chi connectivity index (χ0v) is 13.8. The van der Waals surface area contributed by atoms with E-state index in [0.29, 0.717) is 28.9 Å². The van der Waals surface area contributed by atoms with E-state index in [9.17, 15) is 4.79 Å². The normalized spacial score (nSPS) is 21.5. The number of likely N-dealkylation sites (N-methyl/N-ethyl adjacent to an activating group) is 1. The molecule has 1 saturated carbocycles. The van der Waals surface area contributed by atoms with Gasteiger partial charge in [-0.2, -0.15) is 0 Å². The van der Waals surface area contributed by atoms with E-state index in [0.717, 1.165) is 31.4 Å². The van der Waals surface area contributed by atoms with Gasteiger partial charge in [0, 0.05) is 12.6 Å². The Morgan fingerprint density at radius 3 is 2.71 bits per heavy atom. The molecule has 2 atom stereocenters. The summed E-state index contributed by atoms with van der Waals surface area (Å²) in [4.78, 5) is 14.6. The van der Waals surface area contributed by atoms with Gasteiger partial charge in [0.05, 0.1) is 16.5 Å². The lowest BCUT2D eigenvalue weighted by Crippen LogP contribution is -2.44. The minimum absolute atomic E-state index is 0.140. The Hall–Kier alpha value is -0.770. The van der Waals surface area contributed by atoms with Gasteiger partial charge in [-0.05, 0) is 49.9 Å². The van der Waals surface area contributed by atoms with Gasteiger partial charge in [0.15, 0.2) is 0 Å². The highest BCUT2D eigenvalue weighted by molar-refractivity contribution is 6.42. The molecule has 1 aromatic carbocycles. The maximum Gasteiger partial charge on any atom is 0.227 e. The molecular weight excluding hydrogens is 307 g/mol.